The zero-order chi connectivity index (χ0) is 12.6. The van der Waals surface area contributed by atoms with Gasteiger partial charge in [-0.15, -0.1) is 11.3 Å². The van der Waals surface area contributed by atoms with Crippen LogP contribution in [0.5, 0.6) is 0 Å². The fourth-order valence-corrected chi connectivity index (χ4v) is 4.58. The Morgan fingerprint density at radius 2 is 1.88 bits per heavy atom. The number of benzene rings is 1. The van der Waals surface area contributed by atoms with Crippen molar-refractivity contribution in [2.45, 2.75) is 6.04 Å². The third-order valence-electron chi connectivity index (χ3n) is 2.26. The summed E-state index contributed by atoms with van der Waals surface area (Å²) in [6.07, 6.45) is 0. The van der Waals surface area contributed by atoms with E-state index < -0.39 is 0 Å². The summed E-state index contributed by atoms with van der Waals surface area (Å²) in [5.41, 5.74) is 7.45. The Labute approximate surface area is 143 Å². The quantitative estimate of drug-likeness (QED) is 0.477. The van der Waals surface area contributed by atoms with Crippen molar-refractivity contribution in [1.82, 2.24) is 0 Å². The van der Waals surface area contributed by atoms with Crippen LogP contribution in [-0.2, 0) is 0 Å². The van der Waals surface area contributed by atoms with Gasteiger partial charge in [-0.1, -0.05) is 15.9 Å². The van der Waals surface area contributed by atoms with Gasteiger partial charge in [0, 0.05) is 17.4 Å². The fraction of sp³-hybridized carbons (Fsp3) is 0.0909. The summed E-state index contributed by atoms with van der Waals surface area (Å²) in [7, 11) is 0. The number of thiophene rings is 1. The maximum Gasteiger partial charge on any atom is 0.0843 e. The van der Waals surface area contributed by atoms with Gasteiger partial charge in [0.05, 0.1) is 9.83 Å². The first-order valence-corrected chi connectivity index (χ1v) is 8.91. The minimum absolute atomic E-state index is 0.0907. The molecule has 90 valence electrons. The highest BCUT2D eigenvalue weighted by molar-refractivity contribution is 14.1. The van der Waals surface area contributed by atoms with Crippen molar-refractivity contribution < 1.29 is 0 Å². The molecule has 0 saturated heterocycles. The molecule has 0 spiro atoms. The van der Waals surface area contributed by atoms with Crippen LogP contribution in [0.2, 0.25) is 0 Å². The van der Waals surface area contributed by atoms with Gasteiger partial charge in [-0.25, -0.2) is 0 Å². The number of rotatable bonds is 2. The highest BCUT2D eigenvalue weighted by Crippen LogP contribution is 2.38. The van der Waals surface area contributed by atoms with Crippen LogP contribution >= 0.6 is 81.7 Å². The molecule has 1 unspecified atom stereocenters. The molecule has 0 fully saturated rings. The third kappa shape index (κ3) is 3.33. The first-order chi connectivity index (χ1) is 7.99. The third-order valence-corrected chi connectivity index (χ3v) is 7.08. The monoisotopic (exact) mass is 549 g/mol. The molecule has 0 saturated carbocycles. The Morgan fingerprint density at radius 3 is 2.47 bits per heavy atom. The van der Waals surface area contributed by atoms with Crippen molar-refractivity contribution in [2.24, 2.45) is 5.73 Å². The van der Waals surface area contributed by atoms with E-state index in [1.54, 1.807) is 11.3 Å². The highest BCUT2D eigenvalue weighted by Gasteiger charge is 2.16. The average Bonchev–Trinajstić information content (AvgIpc) is 2.62. The van der Waals surface area contributed by atoms with E-state index in [0.717, 1.165) is 23.2 Å². The lowest BCUT2D eigenvalue weighted by Crippen LogP contribution is -2.11. The largest absolute Gasteiger partial charge is 0.320 e. The van der Waals surface area contributed by atoms with Crippen LogP contribution in [-0.4, -0.2) is 0 Å². The second kappa shape index (κ2) is 6.00. The van der Waals surface area contributed by atoms with Crippen LogP contribution in [0.4, 0.5) is 0 Å². The SMILES string of the molecule is NC(c1cc(Br)c(Br)s1)c1cc(Br)ccc1I. The van der Waals surface area contributed by atoms with Crippen LogP contribution in [0.25, 0.3) is 0 Å². The van der Waals surface area contributed by atoms with E-state index in [9.17, 15) is 0 Å². The van der Waals surface area contributed by atoms with E-state index in [0.29, 0.717) is 0 Å². The Bertz CT molecular complexity index is 536. The summed E-state index contributed by atoms with van der Waals surface area (Å²) >= 11 is 14.4. The first kappa shape index (κ1) is 14.5. The van der Waals surface area contributed by atoms with E-state index in [1.165, 1.54) is 3.57 Å². The molecular weight excluding hydrogens is 545 g/mol. The predicted molar refractivity (Wildman–Crippen MR) is 92.6 cm³/mol. The smallest absolute Gasteiger partial charge is 0.0843 e. The molecule has 17 heavy (non-hydrogen) atoms. The lowest BCUT2D eigenvalue weighted by molar-refractivity contribution is 0.885. The molecule has 1 atom stereocenters. The maximum absolute atomic E-state index is 6.31. The molecule has 2 rings (SSSR count). The van der Waals surface area contributed by atoms with Crippen molar-refractivity contribution in [3.05, 3.63) is 51.0 Å². The Morgan fingerprint density at radius 1 is 1.18 bits per heavy atom. The molecule has 1 nitrogen and oxygen atoms in total. The number of nitrogens with two attached hydrogens (primary N) is 1. The Kier molecular flexibility index (Phi) is 5.11. The molecular formula is C11H7Br3INS. The van der Waals surface area contributed by atoms with Gasteiger partial charge in [0.1, 0.15) is 0 Å². The van der Waals surface area contributed by atoms with Crippen LogP contribution < -0.4 is 5.73 Å². The van der Waals surface area contributed by atoms with Crippen LogP contribution in [0.3, 0.4) is 0 Å². The van der Waals surface area contributed by atoms with Crippen LogP contribution in [0, 0.1) is 3.57 Å². The van der Waals surface area contributed by atoms with Gasteiger partial charge in [-0.05, 0) is 84.3 Å². The molecule has 2 aromatic rings. The van der Waals surface area contributed by atoms with Gasteiger partial charge >= 0.3 is 0 Å². The number of hydrogen-bond donors (Lipinski definition) is 1. The van der Waals surface area contributed by atoms with Crippen molar-refractivity contribution >= 4 is 81.7 Å². The molecule has 6 heteroatoms. The predicted octanol–water partition coefficient (Wildman–Crippen LogP) is 5.69. The van der Waals surface area contributed by atoms with Gasteiger partial charge in [0.25, 0.3) is 0 Å². The van der Waals surface area contributed by atoms with E-state index in [2.05, 4.69) is 88.6 Å². The molecule has 0 amide bonds. The summed E-state index contributed by atoms with van der Waals surface area (Å²) in [5.74, 6) is 0. The first-order valence-electron chi connectivity index (χ1n) is 4.64. The lowest BCUT2D eigenvalue weighted by Gasteiger charge is -2.12. The molecule has 0 bridgehead atoms. The summed E-state index contributed by atoms with van der Waals surface area (Å²) in [5, 5.41) is 0. The van der Waals surface area contributed by atoms with Gasteiger partial charge in [-0.2, -0.15) is 0 Å². The molecule has 1 aromatic heterocycles. The molecule has 1 heterocycles. The van der Waals surface area contributed by atoms with Gasteiger partial charge in [0.15, 0.2) is 0 Å². The minimum Gasteiger partial charge on any atom is -0.320 e. The second-order valence-corrected chi connectivity index (χ2v) is 8.75. The van der Waals surface area contributed by atoms with Crippen molar-refractivity contribution in [2.75, 3.05) is 0 Å². The molecule has 0 radical (unpaired) electrons. The standard InChI is InChI=1S/C11H7Br3INS/c12-5-1-2-8(15)6(3-5)10(16)9-4-7(13)11(14)17-9/h1-4,10H,16H2. The average molecular weight is 552 g/mol. The molecule has 0 aliphatic carbocycles. The summed E-state index contributed by atoms with van der Waals surface area (Å²) in [4.78, 5) is 1.14. The summed E-state index contributed by atoms with van der Waals surface area (Å²) in [6, 6.07) is 8.15. The number of halogens is 4. The maximum atomic E-state index is 6.31. The van der Waals surface area contributed by atoms with E-state index in [1.807, 2.05) is 6.07 Å². The summed E-state index contributed by atoms with van der Waals surface area (Å²) < 4.78 is 4.36. The van der Waals surface area contributed by atoms with Crippen molar-refractivity contribution in [1.29, 1.82) is 0 Å². The number of hydrogen-bond acceptors (Lipinski definition) is 2. The zero-order valence-corrected chi connectivity index (χ0v) is 16.1. The Hall–Kier alpha value is 1.05. The van der Waals surface area contributed by atoms with Gasteiger partial charge in [-0.3, -0.25) is 0 Å². The van der Waals surface area contributed by atoms with E-state index >= 15 is 0 Å². The highest BCUT2D eigenvalue weighted by atomic mass is 127. The molecule has 2 N–H and O–H groups in total. The lowest BCUT2D eigenvalue weighted by atomic mass is 10.1. The zero-order valence-electron chi connectivity index (χ0n) is 8.38. The van der Waals surface area contributed by atoms with E-state index in [-0.39, 0.29) is 6.04 Å². The van der Waals surface area contributed by atoms with Gasteiger partial charge < -0.3 is 5.73 Å². The van der Waals surface area contributed by atoms with E-state index in [4.69, 9.17) is 5.73 Å². The Balaban J connectivity index is 2.42. The fourth-order valence-electron chi connectivity index (χ4n) is 1.42. The van der Waals surface area contributed by atoms with Crippen LogP contribution in [0.15, 0.2) is 37.0 Å². The minimum atomic E-state index is -0.0907. The van der Waals surface area contributed by atoms with Crippen molar-refractivity contribution in [3.63, 3.8) is 0 Å². The van der Waals surface area contributed by atoms with Crippen LogP contribution in [0.1, 0.15) is 16.5 Å². The second-order valence-electron chi connectivity index (χ2n) is 3.41. The molecule has 0 aliphatic heterocycles. The summed E-state index contributed by atoms with van der Waals surface area (Å²) in [6.45, 7) is 0. The van der Waals surface area contributed by atoms with Gasteiger partial charge in [0.2, 0.25) is 0 Å². The van der Waals surface area contributed by atoms with Crippen molar-refractivity contribution in [3.8, 4) is 0 Å². The molecule has 0 aliphatic rings. The normalized spacial score (nSPS) is 12.8. The topological polar surface area (TPSA) is 26.0 Å². The molecule has 1 aromatic carbocycles.